The minimum Gasteiger partial charge on any atom is -0.497 e. The van der Waals surface area contributed by atoms with Crippen molar-refractivity contribution in [2.75, 3.05) is 12.0 Å². The van der Waals surface area contributed by atoms with Crippen molar-refractivity contribution in [3.8, 4) is 5.75 Å². The Bertz CT molecular complexity index is 432. The summed E-state index contributed by atoms with van der Waals surface area (Å²) in [5, 5.41) is 3.76. The van der Waals surface area contributed by atoms with Gasteiger partial charge in [-0.15, -0.1) is 0 Å². The Morgan fingerprint density at radius 1 is 1.11 bits per heavy atom. The highest BCUT2D eigenvalue weighted by atomic mass is 16.5. The molecule has 0 saturated carbocycles. The minimum absolute atomic E-state index is 0.737. The number of hydrogen-bond donors (Lipinski definition) is 1. The molecule has 0 aliphatic carbocycles. The summed E-state index contributed by atoms with van der Waals surface area (Å²) in [5.74, 6) is 0.972. The Morgan fingerprint density at radius 2 is 1.78 bits per heavy atom. The molecule has 0 unspecified atom stereocenters. The van der Waals surface area contributed by atoms with Gasteiger partial charge in [0.2, 0.25) is 0 Å². The molecule has 4 fully saturated rings. The maximum atomic E-state index is 5.36. The molecule has 4 aliphatic rings. The molecular weight excluding hydrogens is 224 g/mol. The van der Waals surface area contributed by atoms with Crippen LogP contribution in [0.4, 0.5) is 5.69 Å². The molecule has 0 aromatic heterocycles. The van der Waals surface area contributed by atoms with Gasteiger partial charge in [0, 0.05) is 35.9 Å². The molecule has 1 aromatic carbocycles. The van der Waals surface area contributed by atoms with Gasteiger partial charge in [-0.1, -0.05) is 6.07 Å². The van der Waals surface area contributed by atoms with Gasteiger partial charge >= 0.3 is 0 Å². The monoisotopic (exact) mass is 244 g/mol. The van der Waals surface area contributed by atoms with Gasteiger partial charge < -0.3 is 15.0 Å². The predicted octanol–water partition coefficient (Wildman–Crippen LogP) is 2.17. The van der Waals surface area contributed by atoms with E-state index in [9.17, 15) is 0 Å². The molecule has 3 heteroatoms. The highest BCUT2D eigenvalue weighted by Crippen LogP contribution is 2.42. The number of hydrogen-bond acceptors (Lipinski definition) is 3. The van der Waals surface area contributed by atoms with E-state index in [0.717, 1.165) is 29.9 Å². The normalized spacial score (nSPS) is 37.1. The molecule has 18 heavy (non-hydrogen) atoms. The van der Waals surface area contributed by atoms with Crippen LogP contribution in [0.25, 0.3) is 0 Å². The first-order valence-corrected chi connectivity index (χ1v) is 7.02. The Kier molecular flexibility index (Phi) is 2.31. The van der Waals surface area contributed by atoms with Crippen LogP contribution >= 0.6 is 0 Å². The quantitative estimate of drug-likeness (QED) is 0.863. The molecule has 4 heterocycles. The first kappa shape index (κ1) is 10.7. The van der Waals surface area contributed by atoms with Crippen LogP contribution in [0.1, 0.15) is 25.7 Å². The van der Waals surface area contributed by atoms with Gasteiger partial charge in [-0.2, -0.15) is 0 Å². The topological polar surface area (TPSA) is 24.5 Å². The van der Waals surface area contributed by atoms with E-state index in [1.54, 1.807) is 7.11 Å². The van der Waals surface area contributed by atoms with Crippen LogP contribution in [-0.2, 0) is 0 Å². The number of ether oxygens (including phenoxy) is 1. The van der Waals surface area contributed by atoms with E-state index >= 15 is 0 Å². The molecule has 3 nitrogen and oxygen atoms in total. The number of methoxy groups -OCH3 is 1. The molecule has 4 saturated heterocycles. The number of nitrogens with zero attached hydrogens (tertiary/aromatic N) is 1. The number of rotatable bonds is 2. The Labute approximate surface area is 108 Å². The van der Waals surface area contributed by atoms with Gasteiger partial charge in [0.15, 0.2) is 0 Å². The fraction of sp³-hybridized carbons (Fsp3) is 0.600. The highest BCUT2D eigenvalue weighted by molar-refractivity contribution is 5.54. The van der Waals surface area contributed by atoms with Gasteiger partial charge in [-0.05, 0) is 37.8 Å². The summed E-state index contributed by atoms with van der Waals surface area (Å²) < 4.78 is 5.36. The lowest BCUT2D eigenvalue weighted by Crippen LogP contribution is -2.67. The summed E-state index contributed by atoms with van der Waals surface area (Å²) >= 11 is 0. The van der Waals surface area contributed by atoms with Crippen LogP contribution in [0.3, 0.4) is 0 Å². The zero-order chi connectivity index (χ0) is 12.1. The Hall–Kier alpha value is -1.22. The van der Waals surface area contributed by atoms with E-state index in [0.29, 0.717) is 0 Å². The van der Waals surface area contributed by atoms with Gasteiger partial charge in [-0.25, -0.2) is 0 Å². The summed E-state index contributed by atoms with van der Waals surface area (Å²) in [4.78, 5) is 2.66. The third kappa shape index (κ3) is 1.53. The third-order valence-corrected chi connectivity index (χ3v) is 4.84. The van der Waals surface area contributed by atoms with Gasteiger partial charge in [0.1, 0.15) is 5.75 Å². The largest absolute Gasteiger partial charge is 0.497 e. The molecule has 0 amide bonds. The van der Waals surface area contributed by atoms with E-state index in [4.69, 9.17) is 4.74 Å². The second kappa shape index (κ2) is 3.89. The average Bonchev–Trinajstić information content (AvgIpc) is 2.38. The summed E-state index contributed by atoms with van der Waals surface area (Å²) in [6.07, 6.45) is 5.24. The standard InChI is InChI=1S/C15H20N2O/c1-18-15-4-2-3-12(9-15)17-13-5-10-6-14(17)8-11(7-13)16-10/h2-4,9-11,13-14,16H,5-8H2,1H3. The van der Waals surface area contributed by atoms with Crippen molar-refractivity contribution in [2.45, 2.75) is 49.9 Å². The van der Waals surface area contributed by atoms with E-state index in [2.05, 4.69) is 28.4 Å². The number of piperidine rings is 4. The second-order valence-corrected chi connectivity index (χ2v) is 5.92. The van der Waals surface area contributed by atoms with Crippen molar-refractivity contribution >= 4 is 5.69 Å². The van der Waals surface area contributed by atoms with Crippen molar-refractivity contribution < 1.29 is 4.74 Å². The Morgan fingerprint density at radius 3 is 2.39 bits per heavy atom. The second-order valence-electron chi connectivity index (χ2n) is 5.92. The summed E-state index contributed by atoms with van der Waals surface area (Å²) in [5.41, 5.74) is 1.35. The van der Waals surface area contributed by atoms with E-state index in [1.165, 1.54) is 31.4 Å². The summed E-state index contributed by atoms with van der Waals surface area (Å²) in [6, 6.07) is 11.6. The maximum Gasteiger partial charge on any atom is 0.120 e. The van der Waals surface area contributed by atoms with Gasteiger partial charge in [0.05, 0.1) is 7.11 Å². The third-order valence-electron chi connectivity index (χ3n) is 4.84. The van der Waals surface area contributed by atoms with Crippen LogP contribution in [0.2, 0.25) is 0 Å². The van der Waals surface area contributed by atoms with Crippen LogP contribution in [0.5, 0.6) is 5.75 Å². The molecule has 0 spiro atoms. The van der Waals surface area contributed by atoms with Crippen molar-refractivity contribution in [1.82, 2.24) is 5.32 Å². The molecule has 1 N–H and O–H groups in total. The van der Waals surface area contributed by atoms with Gasteiger partial charge in [0.25, 0.3) is 0 Å². The number of benzene rings is 1. The first-order chi connectivity index (χ1) is 8.83. The van der Waals surface area contributed by atoms with Crippen molar-refractivity contribution in [1.29, 1.82) is 0 Å². The Balaban J connectivity index is 1.68. The maximum absolute atomic E-state index is 5.36. The molecule has 0 radical (unpaired) electrons. The van der Waals surface area contributed by atoms with Crippen LogP contribution in [0, 0.1) is 0 Å². The van der Waals surface area contributed by atoms with E-state index in [1.807, 2.05) is 6.07 Å². The zero-order valence-electron chi connectivity index (χ0n) is 10.8. The molecule has 5 rings (SSSR count). The molecule has 1 aromatic rings. The summed E-state index contributed by atoms with van der Waals surface area (Å²) in [7, 11) is 1.75. The molecule has 4 aliphatic heterocycles. The van der Waals surface area contributed by atoms with Crippen molar-refractivity contribution in [3.05, 3.63) is 24.3 Å². The lowest BCUT2D eigenvalue weighted by atomic mass is 9.74. The predicted molar refractivity (Wildman–Crippen MR) is 72.2 cm³/mol. The van der Waals surface area contributed by atoms with Crippen molar-refractivity contribution in [2.24, 2.45) is 0 Å². The van der Waals surface area contributed by atoms with Crippen LogP contribution < -0.4 is 15.0 Å². The molecular formula is C15H20N2O. The first-order valence-electron chi connectivity index (χ1n) is 7.02. The lowest BCUT2D eigenvalue weighted by molar-refractivity contribution is 0.135. The van der Waals surface area contributed by atoms with E-state index < -0.39 is 0 Å². The zero-order valence-corrected chi connectivity index (χ0v) is 10.8. The van der Waals surface area contributed by atoms with Gasteiger partial charge in [-0.3, -0.25) is 0 Å². The number of anilines is 1. The fourth-order valence-electron chi connectivity index (χ4n) is 4.25. The smallest absolute Gasteiger partial charge is 0.120 e. The highest BCUT2D eigenvalue weighted by Gasteiger charge is 2.46. The molecule has 4 bridgehead atoms. The molecule has 96 valence electrons. The summed E-state index contributed by atoms with van der Waals surface area (Å²) in [6.45, 7) is 0. The minimum atomic E-state index is 0.737. The average molecular weight is 244 g/mol. The van der Waals surface area contributed by atoms with Crippen molar-refractivity contribution in [3.63, 3.8) is 0 Å². The SMILES string of the molecule is COc1cccc(N2C3CC4CC2CC(C3)N4)c1. The fourth-order valence-corrected chi connectivity index (χ4v) is 4.25. The molecule has 0 atom stereocenters. The number of nitrogens with one attached hydrogen (secondary N) is 1. The van der Waals surface area contributed by atoms with Crippen LogP contribution in [-0.4, -0.2) is 31.3 Å². The lowest BCUT2D eigenvalue weighted by Gasteiger charge is -2.58. The van der Waals surface area contributed by atoms with E-state index in [-0.39, 0.29) is 0 Å². The van der Waals surface area contributed by atoms with Crippen LogP contribution in [0.15, 0.2) is 24.3 Å².